The molecule has 142 valence electrons. The quantitative estimate of drug-likeness (QED) is 0.217. The second-order valence-electron chi connectivity index (χ2n) is 6.39. The highest BCUT2D eigenvalue weighted by atomic mass is 127. The minimum atomic E-state index is -0.509. The molecular formula is C16H34IN5O2. The summed E-state index contributed by atoms with van der Waals surface area (Å²) in [5.74, 6) is 0.774. The van der Waals surface area contributed by atoms with Gasteiger partial charge < -0.3 is 20.7 Å². The van der Waals surface area contributed by atoms with E-state index in [2.05, 4.69) is 25.8 Å². The Morgan fingerprint density at radius 1 is 1.25 bits per heavy atom. The lowest BCUT2D eigenvalue weighted by Crippen LogP contribution is -2.42. The maximum atomic E-state index is 11.8. The molecular weight excluding hydrogens is 421 g/mol. The molecule has 1 saturated heterocycles. The molecule has 7 nitrogen and oxygen atoms in total. The molecule has 0 saturated carbocycles. The van der Waals surface area contributed by atoms with E-state index in [1.54, 1.807) is 7.05 Å². The number of hydrogen-bond donors (Lipinski definition) is 3. The monoisotopic (exact) mass is 455 g/mol. The van der Waals surface area contributed by atoms with Crippen LogP contribution in [0.4, 0.5) is 0 Å². The number of ether oxygens (including phenoxy) is 1. The van der Waals surface area contributed by atoms with Crippen molar-refractivity contribution >= 4 is 35.8 Å². The summed E-state index contributed by atoms with van der Waals surface area (Å²) in [4.78, 5) is 18.8. The van der Waals surface area contributed by atoms with Gasteiger partial charge in [-0.15, -0.1) is 24.0 Å². The van der Waals surface area contributed by atoms with Crippen molar-refractivity contribution in [1.82, 2.24) is 20.9 Å². The van der Waals surface area contributed by atoms with Crippen molar-refractivity contribution in [2.24, 2.45) is 10.4 Å². The van der Waals surface area contributed by atoms with Crippen LogP contribution < -0.4 is 16.0 Å². The van der Waals surface area contributed by atoms with Crippen LogP contribution >= 0.6 is 24.0 Å². The molecule has 24 heavy (non-hydrogen) atoms. The zero-order chi connectivity index (χ0) is 17.1. The molecule has 0 spiro atoms. The highest BCUT2D eigenvalue weighted by Gasteiger charge is 2.26. The number of nitrogens with one attached hydrogen (secondary N) is 3. The first-order valence-corrected chi connectivity index (χ1v) is 8.54. The third-order valence-electron chi connectivity index (χ3n) is 3.87. The largest absolute Gasteiger partial charge is 0.379 e. The highest BCUT2D eigenvalue weighted by molar-refractivity contribution is 14.0. The Labute approximate surface area is 163 Å². The summed E-state index contributed by atoms with van der Waals surface area (Å²) in [5, 5.41) is 9.25. The van der Waals surface area contributed by atoms with Crippen LogP contribution in [0, 0.1) is 5.41 Å². The smallest absolute Gasteiger partial charge is 0.227 e. The zero-order valence-corrected chi connectivity index (χ0v) is 17.8. The summed E-state index contributed by atoms with van der Waals surface area (Å²) in [6.45, 7) is 12.7. The predicted octanol–water partition coefficient (Wildman–Crippen LogP) is 0.654. The number of hydrogen-bond acceptors (Lipinski definition) is 4. The van der Waals surface area contributed by atoms with Crippen LogP contribution in [0.5, 0.6) is 0 Å². The fraction of sp³-hybridized carbons (Fsp3) is 0.875. The van der Waals surface area contributed by atoms with Crippen LogP contribution in [-0.2, 0) is 9.53 Å². The third-order valence-corrected chi connectivity index (χ3v) is 3.87. The Hall–Kier alpha value is -0.610. The van der Waals surface area contributed by atoms with E-state index in [4.69, 9.17) is 4.74 Å². The number of halogens is 1. The van der Waals surface area contributed by atoms with E-state index in [0.717, 1.165) is 58.3 Å². The van der Waals surface area contributed by atoms with Crippen molar-refractivity contribution in [2.75, 3.05) is 59.5 Å². The molecule has 1 aliphatic rings. The molecule has 1 rings (SSSR count). The normalized spacial score (nSPS) is 16.2. The van der Waals surface area contributed by atoms with Gasteiger partial charge in [0.15, 0.2) is 5.96 Å². The van der Waals surface area contributed by atoms with Crippen LogP contribution in [0.1, 0.15) is 27.2 Å². The van der Waals surface area contributed by atoms with Crippen LogP contribution in [-0.4, -0.2) is 76.3 Å². The van der Waals surface area contributed by atoms with Crippen molar-refractivity contribution in [3.63, 3.8) is 0 Å². The van der Waals surface area contributed by atoms with E-state index in [1.807, 2.05) is 20.8 Å². The maximum absolute atomic E-state index is 11.8. The lowest BCUT2D eigenvalue weighted by molar-refractivity contribution is -0.128. The summed E-state index contributed by atoms with van der Waals surface area (Å²) in [6, 6.07) is 0. The van der Waals surface area contributed by atoms with Gasteiger partial charge in [-0.1, -0.05) is 0 Å². The van der Waals surface area contributed by atoms with Gasteiger partial charge in [0.25, 0.3) is 0 Å². The van der Waals surface area contributed by atoms with Gasteiger partial charge in [-0.2, -0.15) is 0 Å². The minimum Gasteiger partial charge on any atom is -0.379 e. The molecule has 0 aromatic carbocycles. The topological polar surface area (TPSA) is 78.0 Å². The van der Waals surface area contributed by atoms with Crippen LogP contribution in [0.3, 0.4) is 0 Å². The second kappa shape index (κ2) is 12.7. The molecule has 1 amide bonds. The maximum Gasteiger partial charge on any atom is 0.227 e. The van der Waals surface area contributed by atoms with Gasteiger partial charge in [-0.3, -0.25) is 14.7 Å². The molecule has 8 heteroatoms. The lowest BCUT2D eigenvalue weighted by atomic mass is 9.93. The number of morpholine rings is 1. The first kappa shape index (κ1) is 23.4. The first-order chi connectivity index (χ1) is 11.0. The number of aliphatic imine (C=N–C) groups is 1. The van der Waals surface area contributed by atoms with Crippen molar-refractivity contribution in [2.45, 2.75) is 27.2 Å². The zero-order valence-electron chi connectivity index (χ0n) is 15.5. The number of rotatable bonds is 8. The lowest BCUT2D eigenvalue weighted by Gasteiger charge is -2.26. The molecule has 3 N–H and O–H groups in total. The molecule has 0 atom stereocenters. The second-order valence-corrected chi connectivity index (χ2v) is 6.39. The summed E-state index contributed by atoms with van der Waals surface area (Å²) in [7, 11) is 1.66. The van der Waals surface area contributed by atoms with Crippen molar-refractivity contribution in [3.05, 3.63) is 0 Å². The van der Waals surface area contributed by atoms with Crippen molar-refractivity contribution in [3.8, 4) is 0 Å². The number of nitrogens with zero attached hydrogens (tertiary/aromatic N) is 2. The van der Waals surface area contributed by atoms with Gasteiger partial charge in [0.05, 0.1) is 25.2 Å². The fourth-order valence-corrected chi connectivity index (χ4v) is 2.36. The summed E-state index contributed by atoms with van der Waals surface area (Å²) < 4.78 is 5.35. The minimum absolute atomic E-state index is 0. The van der Waals surface area contributed by atoms with E-state index in [-0.39, 0.29) is 29.9 Å². The van der Waals surface area contributed by atoms with E-state index in [0.29, 0.717) is 6.54 Å². The van der Waals surface area contributed by atoms with Gasteiger partial charge >= 0.3 is 0 Å². The Morgan fingerprint density at radius 3 is 2.50 bits per heavy atom. The standard InChI is InChI=1S/C16H33N5O2.HI/c1-5-18-15(20-13-16(2,3)14(22)17-4)19-7-6-8-21-9-11-23-12-10-21;/h5-13H2,1-4H3,(H,17,22)(H2,18,19,20);1H. The number of carbonyl (C=O) groups is 1. The summed E-state index contributed by atoms with van der Waals surface area (Å²) >= 11 is 0. The SMILES string of the molecule is CCNC(=NCC(C)(C)C(=O)NC)NCCCN1CCOCC1.I. The molecule has 0 aliphatic carbocycles. The molecule has 0 unspecified atom stereocenters. The average molecular weight is 455 g/mol. The molecule has 1 fully saturated rings. The molecule has 0 aromatic rings. The van der Waals surface area contributed by atoms with Crippen LogP contribution in [0.15, 0.2) is 4.99 Å². The van der Waals surface area contributed by atoms with Gasteiger partial charge in [0.2, 0.25) is 5.91 Å². The molecule has 1 heterocycles. The van der Waals surface area contributed by atoms with Crippen LogP contribution in [0.25, 0.3) is 0 Å². The average Bonchev–Trinajstić information content (AvgIpc) is 2.56. The van der Waals surface area contributed by atoms with Crippen LogP contribution in [0.2, 0.25) is 0 Å². The van der Waals surface area contributed by atoms with Gasteiger partial charge in [-0.25, -0.2) is 0 Å². The predicted molar refractivity (Wildman–Crippen MR) is 109 cm³/mol. The van der Waals surface area contributed by atoms with E-state index < -0.39 is 5.41 Å². The van der Waals surface area contributed by atoms with E-state index in [1.165, 1.54) is 0 Å². The molecule has 0 bridgehead atoms. The summed E-state index contributed by atoms with van der Waals surface area (Å²) in [5.41, 5.74) is -0.509. The van der Waals surface area contributed by atoms with E-state index in [9.17, 15) is 4.79 Å². The summed E-state index contributed by atoms with van der Waals surface area (Å²) in [6.07, 6.45) is 1.06. The Balaban J connectivity index is 0.00000529. The molecule has 1 aliphatic heterocycles. The van der Waals surface area contributed by atoms with Crippen molar-refractivity contribution < 1.29 is 9.53 Å². The number of amides is 1. The van der Waals surface area contributed by atoms with Gasteiger partial charge in [0.1, 0.15) is 0 Å². The number of guanidine groups is 1. The van der Waals surface area contributed by atoms with Gasteiger partial charge in [0, 0.05) is 33.2 Å². The Bertz CT molecular complexity index is 385. The first-order valence-electron chi connectivity index (χ1n) is 8.54. The van der Waals surface area contributed by atoms with E-state index >= 15 is 0 Å². The Morgan fingerprint density at radius 2 is 1.92 bits per heavy atom. The fourth-order valence-electron chi connectivity index (χ4n) is 2.36. The van der Waals surface area contributed by atoms with Crippen molar-refractivity contribution in [1.29, 1.82) is 0 Å². The molecule has 0 radical (unpaired) electrons. The molecule has 0 aromatic heterocycles. The third kappa shape index (κ3) is 9.03. The van der Waals surface area contributed by atoms with Gasteiger partial charge in [-0.05, 0) is 33.7 Å². The Kier molecular flexibility index (Phi) is 12.4. The highest BCUT2D eigenvalue weighted by Crippen LogP contribution is 2.15. The number of carbonyl (C=O) groups excluding carboxylic acids is 1.